The number of carbonyl (C=O) groups excluding carboxylic acids is 1. The van der Waals surface area contributed by atoms with E-state index in [0.717, 1.165) is 12.8 Å². The molecule has 1 aliphatic rings. The van der Waals surface area contributed by atoms with Crippen molar-refractivity contribution in [1.29, 1.82) is 0 Å². The van der Waals surface area contributed by atoms with E-state index in [1.165, 1.54) is 28.7 Å². The molecule has 1 saturated heterocycles. The summed E-state index contributed by atoms with van der Waals surface area (Å²) in [7, 11) is 1.55. The molecule has 1 aromatic carbocycles. The molecule has 30 heavy (non-hydrogen) atoms. The van der Waals surface area contributed by atoms with Gasteiger partial charge < -0.3 is 14.8 Å². The molecule has 0 radical (unpaired) electrons. The van der Waals surface area contributed by atoms with Gasteiger partial charge in [-0.15, -0.1) is 0 Å². The number of nitrogens with one attached hydrogen (secondary N) is 1. The van der Waals surface area contributed by atoms with Gasteiger partial charge in [-0.25, -0.2) is 15.0 Å². The molecule has 1 atom stereocenters. The summed E-state index contributed by atoms with van der Waals surface area (Å²) in [6.07, 6.45) is 4.74. The molecule has 2 aromatic heterocycles. The average molecular weight is 427 g/mol. The largest absolute Gasteiger partial charge is 0.495 e. The average Bonchev–Trinajstić information content (AvgIpc) is 3.28. The van der Waals surface area contributed by atoms with Crippen LogP contribution in [0.2, 0.25) is 0 Å². The third-order valence-corrected chi connectivity index (χ3v) is 5.66. The van der Waals surface area contributed by atoms with Gasteiger partial charge in [-0.3, -0.25) is 14.2 Å². The zero-order valence-corrected chi connectivity index (χ0v) is 17.2. The van der Waals surface area contributed by atoms with Crippen LogP contribution in [0.15, 0.2) is 46.6 Å². The van der Waals surface area contributed by atoms with Crippen LogP contribution in [0.5, 0.6) is 5.75 Å². The Bertz CT molecular complexity index is 1110. The molecule has 4 rings (SSSR count). The number of ether oxygens (including phenoxy) is 2. The number of fused-ring (bicyclic) bond motifs is 1. The highest BCUT2D eigenvalue weighted by Crippen LogP contribution is 2.24. The number of hydrogen-bond acceptors (Lipinski definition) is 8. The lowest BCUT2D eigenvalue weighted by Crippen LogP contribution is -2.30. The Morgan fingerprint density at radius 2 is 2.17 bits per heavy atom. The molecular weight excluding hydrogens is 406 g/mol. The zero-order valence-electron chi connectivity index (χ0n) is 16.4. The first kappa shape index (κ1) is 20.3. The van der Waals surface area contributed by atoms with Crippen LogP contribution >= 0.6 is 11.8 Å². The van der Waals surface area contributed by atoms with Gasteiger partial charge in [-0.05, 0) is 25.0 Å². The number of thioether (sulfide) groups is 1. The Hall–Kier alpha value is -2.98. The van der Waals surface area contributed by atoms with Gasteiger partial charge in [-0.2, -0.15) is 0 Å². The Labute approximate surface area is 176 Å². The standard InChI is InChI=1S/C20H21N5O4S/c1-28-15-7-3-2-6-14(15)23-16(26)12-30-20-24-18-17(21-8-9-22-18)19(27)25(20)11-13-5-4-10-29-13/h2-3,6-9,13H,4-5,10-12H2,1H3,(H,23,26)/t13-/m0/s1. The maximum absolute atomic E-state index is 13.0. The van der Waals surface area contributed by atoms with Crippen LogP contribution in [-0.4, -0.2) is 51.0 Å². The number of para-hydroxylation sites is 2. The molecule has 0 spiro atoms. The summed E-state index contributed by atoms with van der Waals surface area (Å²) < 4.78 is 12.5. The van der Waals surface area contributed by atoms with E-state index < -0.39 is 0 Å². The van der Waals surface area contributed by atoms with Crippen molar-refractivity contribution in [2.45, 2.75) is 30.6 Å². The Kier molecular flexibility index (Phi) is 6.24. The van der Waals surface area contributed by atoms with Crippen LogP contribution in [0.3, 0.4) is 0 Å². The summed E-state index contributed by atoms with van der Waals surface area (Å²) >= 11 is 1.18. The van der Waals surface area contributed by atoms with Crippen LogP contribution in [-0.2, 0) is 16.1 Å². The summed E-state index contributed by atoms with van der Waals surface area (Å²) in [5.41, 5.74) is 0.771. The van der Waals surface area contributed by atoms with Gasteiger partial charge in [0.05, 0.1) is 31.2 Å². The lowest BCUT2D eigenvalue weighted by molar-refractivity contribution is -0.113. The molecule has 1 amide bonds. The number of methoxy groups -OCH3 is 1. The summed E-state index contributed by atoms with van der Waals surface area (Å²) in [4.78, 5) is 38.2. The molecule has 0 aliphatic carbocycles. The van der Waals surface area contributed by atoms with Crippen LogP contribution in [0.1, 0.15) is 12.8 Å². The molecule has 1 fully saturated rings. The van der Waals surface area contributed by atoms with Crippen LogP contribution in [0.4, 0.5) is 5.69 Å². The fraction of sp³-hybridized carbons (Fsp3) is 0.350. The lowest BCUT2D eigenvalue weighted by Gasteiger charge is -2.16. The Morgan fingerprint density at radius 1 is 1.33 bits per heavy atom. The first-order valence-electron chi connectivity index (χ1n) is 9.54. The minimum absolute atomic E-state index is 0.0552. The second-order valence-corrected chi connectivity index (χ2v) is 7.65. The highest BCUT2D eigenvalue weighted by molar-refractivity contribution is 7.99. The molecule has 3 aromatic rings. The van der Waals surface area contributed by atoms with Crippen molar-refractivity contribution in [2.75, 3.05) is 24.8 Å². The number of carbonyl (C=O) groups is 1. The van der Waals surface area contributed by atoms with E-state index in [1.54, 1.807) is 19.2 Å². The van der Waals surface area contributed by atoms with E-state index in [9.17, 15) is 9.59 Å². The van der Waals surface area contributed by atoms with Crippen molar-refractivity contribution >= 4 is 34.5 Å². The maximum atomic E-state index is 13.0. The predicted molar refractivity (Wildman–Crippen MR) is 113 cm³/mol. The number of aromatic nitrogens is 4. The molecule has 10 heteroatoms. The monoisotopic (exact) mass is 427 g/mol. The lowest BCUT2D eigenvalue weighted by atomic mass is 10.2. The van der Waals surface area contributed by atoms with Crippen molar-refractivity contribution < 1.29 is 14.3 Å². The number of nitrogens with zero attached hydrogens (tertiary/aromatic N) is 4. The van der Waals surface area contributed by atoms with E-state index in [2.05, 4.69) is 20.3 Å². The van der Waals surface area contributed by atoms with E-state index >= 15 is 0 Å². The smallest absolute Gasteiger partial charge is 0.282 e. The van der Waals surface area contributed by atoms with Crippen molar-refractivity contribution in [3.05, 3.63) is 47.0 Å². The van der Waals surface area contributed by atoms with E-state index in [1.807, 2.05) is 12.1 Å². The fourth-order valence-electron chi connectivity index (χ4n) is 3.26. The fourth-order valence-corrected chi connectivity index (χ4v) is 4.05. The topological polar surface area (TPSA) is 108 Å². The Balaban J connectivity index is 1.56. The van der Waals surface area contributed by atoms with Gasteiger partial charge >= 0.3 is 0 Å². The molecule has 0 bridgehead atoms. The van der Waals surface area contributed by atoms with Gasteiger partial charge in [0.2, 0.25) is 5.91 Å². The minimum atomic E-state index is -0.281. The van der Waals surface area contributed by atoms with E-state index in [4.69, 9.17) is 9.47 Å². The molecule has 3 heterocycles. The van der Waals surface area contributed by atoms with Crippen LogP contribution in [0.25, 0.3) is 11.2 Å². The van der Waals surface area contributed by atoms with Gasteiger partial charge in [0, 0.05) is 19.0 Å². The molecule has 0 saturated carbocycles. The Morgan fingerprint density at radius 3 is 2.97 bits per heavy atom. The maximum Gasteiger partial charge on any atom is 0.282 e. The first-order chi connectivity index (χ1) is 14.7. The summed E-state index contributed by atoms with van der Waals surface area (Å²) in [5, 5.41) is 3.24. The van der Waals surface area contributed by atoms with Crippen molar-refractivity contribution in [1.82, 2.24) is 19.5 Å². The normalized spacial score (nSPS) is 16.0. The third-order valence-electron chi connectivity index (χ3n) is 4.68. The number of anilines is 1. The van der Waals surface area contributed by atoms with Crippen molar-refractivity contribution in [3.63, 3.8) is 0 Å². The van der Waals surface area contributed by atoms with Crippen molar-refractivity contribution in [2.24, 2.45) is 0 Å². The molecule has 1 aliphatic heterocycles. The van der Waals surface area contributed by atoms with Gasteiger partial charge in [-0.1, -0.05) is 23.9 Å². The number of rotatable bonds is 7. The molecule has 9 nitrogen and oxygen atoms in total. The second-order valence-electron chi connectivity index (χ2n) is 6.71. The third kappa shape index (κ3) is 4.44. The van der Waals surface area contributed by atoms with Gasteiger partial charge in [0.1, 0.15) is 5.75 Å². The van der Waals surface area contributed by atoms with Gasteiger partial charge in [0.15, 0.2) is 16.3 Å². The minimum Gasteiger partial charge on any atom is -0.495 e. The number of benzene rings is 1. The number of amides is 1. The SMILES string of the molecule is COc1ccccc1NC(=O)CSc1nc2nccnc2c(=O)n1C[C@@H]1CCCO1. The molecule has 1 N–H and O–H groups in total. The van der Waals surface area contributed by atoms with Crippen LogP contribution < -0.4 is 15.6 Å². The summed E-state index contributed by atoms with van der Waals surface area (Å²) in [5.74, 6) is 0.411. The molecule has 156 valence electrons. The molecular formula is C20H21N5O4S. The zero-order chi connectivity index (χ0) is 20.9. The molecule has 0 unspecified atom stereocenters. The van der Waals surface area contributed by atoms with Crippen LogP contribution in [0, 0.1) is 0 Å². The van der Waals surface area contributed by atoms with Gasteiger partial charge in [0.25, 0.3) is 5.56 Å². The second kappa shape index (κ2) is 9.23. The highest BCUT2D eigenvalue weighted by atomic mass is 32.2. The van der Waals surface area contributed by atoms with E-state index in [0.29, 0.717) is 29.7 Å². The summed E-state index contributed by atoms with van der Waals surface area (Å²) in [6.45, 7) is 1.05. The highest BCUT2D eigenvalue weighted by Gasteiger charge is 2.21. The predicted octanol–water partition coefficient (Wildman–Crippen LogP) is 2.10. The van der Waals surface area contributed by atoms with E-state index in [-0.39, 0.29) is 34.5 Å². The van der Waals surface area contributed by atoms with Crippen molar-refractivity contribution in [3.8, 4) is 5.75 Å². The summed E-state index contributed by atoms with van der Waals surface area (Å²) in [6, 6.07) is 7.17. The quantitative estimate of drug-likeness (QED) is 0.451. The first-order valence-corrected chi connectivity index (χ1v) is 10.5. The number of hydrogen-bond donors (Lipinski definition) is 1.